The number of aryl methyl sites for hydroxylation is 1. The van der Waals surface area contributed by atoms with E-state index in [4.69, 9.17) is 16.3 Å². The number of nitrogens with zero attached hydrogens (tertiary/aromatic N) is 1. The smallest absolute Gasteiger partial charge is 0.245 e. The van der Waals surface area contributed by atoms with Crippen LogP contribution in [0.1, 0.15) is 16.7 Å². The number of sulfonamides is 1. The number of methoxy groups -OCH3 is 1. The van der Waals surface area contributed by atoms with Crippen LogP contribution in [0.5, 0.6) is 5.75 Å². The molecule has 4 nitrogen and oxygen atoms in total. The Balaban J connectivity index is 1.99. The van der Waals surface area contributed by atoms with E-state index >= 15 is 0 Å². The molecule has 7 heteroatoms. The minimum Gasteiger partial charge on any atom is -0.497 e. The second-order valence-corrected chi connectivity index (χ2v) is 9.91. The van der Waals surface area contributed by atoms with Crippen LogP contribution in [0.2, 0.25) is 5.02 Å². The summed E-state index contributed by atoms with van der Waals surface area (Å²) in [5.74, 6) is 0.720. The highest BCUT2D eigenvalue weighted by Gasteiger charge is 2.27. The molecule has 0 aliphatic carbocycles. The van der Waals surface area contributed by atoms with E-state index in [0.717, 1.165) is 26.9 Å². The van der Waals surface area contributed by atoms with E-state index in [2.05, 4.69) is 15.9 Å². The molecule has 0 aliphatic heterocycles. The van der Waals surface area contributed by atoms with Gasteiger partial charge < -0.3 is 4.74 Å². The Bertz CT molecular complexity index is 1080. The number of hydrogen-bond acceptors (Lipinski definition) is 3. The van der Waals surface area contributed by atoms with Crippen LogP contribution in [0.3, 0.4) is 0 Å². The van der Waals surface area contributed by atoms with E-state index in [1.54, 1.807) is 19.2 Å². The molecule has 3 aromatic carbocycles. The third kappa shape index (κ3) is 5.39. The van der Waals surface area contributed by atoms with Crippen LogP contribution in [0.4, 0.5) is 0 Å². The molecule has 0 aliphatic rings. The molecule has 0 atom stereocenters. The van der Waals surface area contributed by atoms with Crippen molar-refractivity contribution in [1.29, 1.82) is 0 Å². The van der Waals surface area contributed by atoms with Crippen molar-refractivity contribution in [2.24, 2.45) is 0 Å². The van der Waals surface area contributed by atoms with Gasteiger partial charge in [-0.3, -0.25) is 0 Å². The Labute approximate surface area is 185 Å². The minimum atomic E-state index is -3.82. The van der Waals surface area contributed by atoms with Crippen molar-refractivity contribution in [1.82, 2.24) is 4.31 Å². The van der Waals surface area contributed by atoms with Crippen LogP contribution in [0, 0.1) is 6.92 Å². The lowest BCUT2D eigenvalue weighted by Crippen LogP contribution is -2.30. The maximum absolute atomic E-state index is 13.5. The van der Waals surface area contributed by atoms with Crippen LogP contribution in [-0.2, 0) is 23.1 Å². The first kappa shape index (κ1) is 21.8. The van der Waals surface area contributed by atoms with Gasteiger partial charge in [-0.25, -0.2) is 8.42 Å². The number of halogens is 2. The molecule has 152 valence electrons. The normalized spacial score (nSPS) is 11.6. The van der Waals surface area contributed by atoms with Crippen LogP contribution >= 0.6 is 27.5 Å². The Morgan fingerprint density at radius 3 is 2.00 bits per heavy atom. The molecule has 0 amide bonds. The third-order valence-corrected chi connectivity index (χ3v) is 7.28. The average molecular weight is 495 g/mol. The molecule has 0 unspecified atom stereocenters. The zero-order chi connectivity index (χ0) is 21.0. The fraction of sp³-hybridized carbons (Fsp3) is 0.182. The first-order valence-corrected chi connectivity index (χ1v) is 11.5. The van der Waals surface area contributed by atoms with Gasteiger partial charge in [-0.1, -0.05) is 69.5 Å². The molecule has 0 fully saturated rings. The lowest BCUT2D eigenvalue weighted by atomic mass is 10.1. The molecule has 0 heterocycles. The highest BCUT2D eigenvalue weighted by molar-refractivity contribution is 9.10. The standard InChI is InChI=1S/C22H21BrClNO3S/c1-16-3-5-17(6-4-16)14-25(15-18-7-10-20(28-2)11-8-18)29(26,27)22-12-9-19(23)13-21(22)24/h3-13H,14-15H2,1-2H3. The van der Waals surface area contributed by atoms with Crippen LogP contribution in [-0.4, -0.2) is 19.8 Å². The predicted molar refractivity (Wildman–Crippen MR) is 120 cm³/mol. The molecule has 0 spiro atoms. The number of ether oxygens (including phenoxy) is 1. The Hall–Kier alpha value is -1.86. The quantitative estimate of drug-likeness (QED) is 0.416. The van der Waals surface area contributed by atoms with Crippen LogP contribution in [0.15, 0.2) is 76.1 Å². The van der Waals surface area contributed by atoms with E-state index < -0.39 is 10.0 Å². The molecule has 3 rings (SSSR count). The van der Waals surface area contributed by atoms with Gasteiger partial charge in [0, 0.05) is 17.6 Å². The van der Waals surface area contributed by atoms with Gasteiger partial charge in [-0.2, -0.15) is 4.31 Å². The van der Waals surface area contributed by atoms with Gasteiger partial charge in [0.15, 0.2) is 0 Å². The summed E-state index contributed by atoms with van der Waals surface area (Å²) in [6.45, 7) is 2.45. The van der Waals surface area contributed by atoms with Crippen molar-refractivity contribution in [3.05, 3.63) is 92.9 Å². The molecular formula is C22H21BrClNO3S. The molecule has 0 N–H and O–H groups in total. The lowest BCUT2D eigenvalue weighted by Gasteiger charge is -2.23. The second kappa shape index (κ2) is 9.30. The number of hydrogen-bond donors (Lipinski definition) is 0. The van der Waals surface area contributed by atoms with E-state index in [1.165, 1.54) is 10.4 Å². The molecule has 3 aromatic rings. The molecule has 0 bridgehead atoms. The molecule has 0 aromatic heterocycles. The highest BCUT2D eigenvalue weighted by Crippen LogP contribution is 2.30. The third-order valence-electron chi connectivity index (χ3n) is 4.51. The largest absolute Gasteiger partial charge is 0.497 e. The summed E-state index contributed by atoms with van der Waals surface area (Å²) in [6.07, 6.45) is 0. The Morgan fingerprint density at radius 2 is 1.48 bits per heavy atom. The van der Waals surface area contributed by atoms with E-state index in [1.807, 2.05) is 55.5 Å². The highest BCUT2D eigenvalue weighted by atomic mass is 79.9. The van der Waals surface area contributed by atoms with Gasteiger partial charge in [0.1, 0.15) is 10.6 Å². The molecule has 0 saturated heterocycles. The lowest BCUT2D eigenvalue weighted by molar-refractivity contribution is 0.399. The topological polar surface area (TPSA) is 46.6 Å². The maximum atomic E-state index is 13.5. The fourth-order valence-corrected chi connectivity index (χ4v) is 5.31. The molecular weight excluding hydrogens is 474 g/mol. The van der Waals surface area contributed by atoms with Crippen molar-refractivity contribution >= 4 is 37.6 Å². The van der Waals surface area contributed by atoms with Gasteiger partial charge >= 0.3 is 0 Å². The zero-order valence-corrected chi connectivity index (χ0v) is 19.3. The minimum absolute atomic E-state index is 0.0861. The van der Waals surface area contributed by atoms with Crippen molar-refractivity contribution in [3.8, 4) is 5.75 Å². The van der Waals surface area contributed by atoms with Gasteiger partial charge in [0.25, 0.3) is 0 Å². The molecule has 0 radical (unpaired) electrons. The summed E-state index contributed by atoms with van der Waals surface area (Å²) in [4.78, 5) is 0.0861. The van der Waals surface area contributed by atoms with Gasteiger partial charge in [0.2, 0.25) is 10.0 Å². The molecule has 29 heavy (non-hydrogen) atoms. The number of benzene rings is 3. The van der Waals surface area contributed by atoms with Gasteiger partial charge in [-0.15, -0.1) is 0 Å². The number of rotatable bonds is 7. The van der Waals surface area contributed by atoms with Crippen LogP contribution < -0.4 is 4.74 Å². The summed E-state index contributed by atoms with van der Waals surface area (Å²) in [7, 11) is -2.23. The summed E-state index contributed by atoms with van der Waals surface area (Å²) >= 11 is 9.60. The summed E-state index contributed by atoms with van der Waals surface area (Å²) < 4.78 is 34.3. The first-order chi connectivity index (χ1) is 13.8. The van der Waals surface area contributed by atoms with Crippen molar-refractivity contribution in [2.75, 3.05) is 7.11 Å². The summed E-state index contributed by atoms with van der Waals surface area (Å²) in [5, 5.41) is 0.183. The van der Waals surface area contributed by atoms with E-state index in [0.29, 0.717) is 0 Å². The zero-order valence-electron chi connectivity index (χ0n) is 16.1. The SMILES string of the molecule is COc1ccc(CN(Cc2ccc(C)cc2)S(=O)(=O)c2ccc(Br)cc2Cl)cc1. The average Bonchev–Trinajstić information content (AvgIpc) is 2.69. The van der Waals surface area contributed by atoms with Crippen LogP contribution in [0.25, 0.3) is 0 Å². The van der Waals surface area contributed by atoms with Crippen molar-refractivity contribution < 1.29 is 13.2 Å². The molecule has 0 saturated carbocycles. The Kier molecular flexibility index (Phi) is 7.01. The monoisotopic (exact) mass is 493 g/mol. The van der Waals surface area contributed by atoms with Crippen molar-refractivity contribution in [2.45, 2.75) is 24.9 Å². The van der Waals surface area contributed by atoms with Crippen molar-refractivity contribution in [3.63, 3.8) is 0 Å². The van der Waals surface area contributed by atoms with E-state index in [9.17, 15) is 8.42 Å². The second-order valence-electron chi connectivity index (χ2n) is 6.68. The predicted octanol–water partition coefficient (Wildman–Crippen LogP) is 5.81. The van der Waals surface area contributed by atoms with Gasteiger partial charge in [0.05, 0.1) is 12.1 Å². The Morgan fingerprint density at radius 1 is 0.931 bits per heavy atom. The first-order valence-electron chi connectivity index (χ1n) is 8.93. The maximum Gasteiger partial charge on any atom is 0.245 e. The summed E-state index contributed by atoms with van der Waals surface area (Å²) in [6, 6.07) is 20.0. The summed E-state index contributed by atoms with van der Waals surface area (Å²) in [5.41, 5.74) is 2.88. The van der Waals surface area contributed by atoms with E-state index in [-0.39, 0.29) is 23.0 Å². The fourth-order valence-electron chi connectivity index (χ4n) is 2.88. The van der Waals surface area contributed by atoms with Gasteiger partial charge in [-0.05, 0) is 48.4 Å².